The molecule has 0 unspecified atom stereocenters. The number of rotatable bonds is 3. The summed E-state index contributed by atoms with van der Waals surface area (Å²) in [6, 6.07) is 0.287. The lowest BCUT2D eigenvalue weighted by molar-refractivity contribution is -0.122. The molecular weight excluding hydrogens is 328 g/mol. The van der Waals surface area contributed by atoms with Crippen LogP contribution in [0, 0.1) is 0 Å². The van der Waals surface area contributed by atoms with Gasteiger partial charge in [-0.05, 0) is 54.0 Å². The Bertz CT molecular complexity index is 591. The number of nitrogens with zero attached hydrogens (tertiary/aromatic N) is 3. The van der Waals surface area contributed by atoms with E-state index in [-0.39, 0.29) is 11.9 Å². The Morgan fingerprint density at radius 1 is 1.63 bits per heavy atom. The summed E-state index contributed by atoms with van der Waals surface area (Å²) in [5.74, 6) is -0.0505. The number of aryl methyl sites for hydroxylation is 1. The second-order valence-electron chi connectivity index (χ2n) is 4.61. The molecule has 1 saturated heterocycles. The van der Waals surface area contributed by atoms with Gasteiger partial charge in [-0.2, -0.15) is 5.10 Å². The number of aromatic nitrogens is 2. The van der Waals surface area contributed by atoms with Crippen LogP contribution in [0.5, 0.6) is 0 Å². The first-order valence-corrected chi connectivity index (χ1v) is 7.39. The molecule has 1 aliphatic heterocycles. The van der Waals surface area contributed by atoms with Crippen molar-refractivity contribution < 1.29 is 4.79 Å². The smallest absolute Gasteiger partial charge is 0.276 e. The first-order valence-electron chi connectivity index (χ1n) is 6.19. The minimum atomic E-state index is -0.0505. The Kier molecular flexibility index (Phi) is 3.18. The molecule has 19 heavy (non-hydrogen) atoms. The summed E-state index contributed by atoms with van der Waals surface area (Å²) in [5.41, 5.74) is 1.23. The molecular formula is C12H13BrN4OS. The van der Waals surface area contributed by atoms with E-state index < -0.39 is 0 Å². The van der Waals surface area contributed by atoms with Crippen molar-refractivity contribution in [2.24, 2.45) is 0 Å². The van der Waals surface area contributed by atoms with Crippen LogP contribution < -0.4 is 5.32 Å². The molecule has 2 aliphatic rings. The van der Waals surface area contributed by atoms with Gasteiger partial charge in [-0.3, -0.25) is 14.4 Å². The molecule has 2 heterocycles. The van der Waals surface area contributed by atoms with Crippen molar-refractivity contribution in [3.8, 4) is 0 Å². The maximum atomic E-state index is 12.2. The second-order valence-corrected chi connectivity index (χ2v) is 5.85. The zero-order valence-electron chi connectivity index (χ0n) is 10.4. The van der Waals surface area contributed by atoms with E-state index in [9.17, 15) is 4.79 Å². The van der Waals surface area contributed by atoms with Gasteiger partial charge in [0.1, 0.15) is 11.4 Å². The van der Waals surface area contributed by atoms with E-state index in [2.05, 4.69) is 26.3 Å². The summed E-state index contributed by atoms with van der Waals surface area (Å²) in [7, 11) is 0. The van der Waals surface area contributed by atoms with Crippen molar-refractivity contribution in [2.75, 3.05) is 0 Å². The third kappa shape index (κ3) is 2.32. The van der Waals surface area contributed by atoms with Crippen molar-refractivity contribution in [3.63, 3.8) is 0 Å². The van der Waals surface area contributed by atoms with Crippen LogP contribution in [0.3, 0.4) is 0 Å². The van der Waals surface area contributed by atoms with E-state index in [0.717, 1.165) is 29.6 Å². The third-order valence-electron chi connectivity index (χ3n) is 3.17. The highest BCUT2D eigenvalue weighted by Gasteiger charge is 2.41. The van der Waals surface area contributed by atoms with Gasteiger partial charge in [0, 0.05) is 18.8 Å². The quantitative estimate of drug-likeness (QED) is 0.674. The van der Waals surface area contributed by atoms with Gasteiger partial charge in [-0.25, -0.2) is 0 Å². The van der Waals surface area contributed by atoms with Gasteiger partial charge in [0.15, 0.2) is 5.11 Å². The summed E-state index contributed by atoms with van der Waals surface area (Å²) in [5, 5.41) is 7.86. The molecule has 0 atom stereocenters. The predicted octanol–water partition coefficient (Wildman–Crippen LogP) is 1.89. The fraction of sp³-hybridized carbons (Fsp3) is 0.417. The molecule has 0 aromatic carbocycles. The van der Waals surface area contributed by atoms with Gasteiger partial charge in [0.05, 0.1) is 4.47 Å². The fourth-order valence-corrected chi connectivity index (χ4v) is 2.79. The molecule has 0 spiro atoms. The number of carbonyl (C=O) groups is 1. The normalized spacial score (nSPS) is 21.4. The molecule has 2 fully saturated rings. The number of hydrogen-bond donors (Lipinski definition) is 1. The highest BCUT2D eigenvalue weighted by molar-refractivity contribution is 9.10. The molecule has 1 aromatic rings. The summed E-state index contributed by atoms with van der Waals surface area (Å²) in [4.78, 5) is 13.9. The number of halogens is 1. The van der Waals surface area contributed by atoms with Crippen LogP contribution >= 0.6 is 28.1 Å². The van der Waals surface area contributed by atoms with Crippen LogP contribution in [-0.4, -0.2) is 31.7 Å². The Hall–Kier alpha value is -1.21. The highest BCUT2D eigenvalue weighted by atomic mass is 79.9. The lowest BCUT2D eigenvalue weighted by Crippen LogP contribution is -2.32. The summed E-state index contributed by atoms with van der Waals surface area (Å²) < 4.78 is 2.68. The lowest BCUT2D eigenvalue weighted by atomic mass is 10.3. The Labute approximate surface area is 124 Å². The summed E-state index contributed by atoms with van der Waals surface area (Å²) in [6.07, 6.45) is 5.71. The molecule has 7 heteroatoms. The van der Waals surface area contributed by atoms with Crippen molar-refractivity contribution in [3.05, 3.63) is 22.1 Å². The van der Waals surface area contributed by atoms with Gasteiger partial charge in [0.25, 0.3) is 5.91 Å². The maximum absolute atomic E-state index is 12.2. The number of thiocarbonyl (C=S) groups is 1. The first-order chi connectivity index (χ1) is 9.10. The minimum Gasteiger partial charge on any atom is -0.328 e. The van der Waals surface area contributed by atoms with E-state index in [1.807, 2.05) is 17.8 Å². The third-order valence-corrected chi connectivity index (χ3v) is 4.08. The van der Waals surface area contributed by atoms with E-state index >= 15 is 0 Å². The molecule has 100 valence electrons. The highest BCUT2D eigenvalue weighted by Crippen LogP contribution is 2.31. The van der Waals surface area contributed by atoms with Crippen molar-refractivity contribution in [1.29, 1.82) is 0 Å². The molecule has 3 rings (SSSR count). The number of nitrogens with one attached hydrogen (secondary N) is 1. The average Bonchev–Trinajstić information content (AvgIpc) is 3.08. The number of amides is 1. The number of carbonyl (C=O) groups excluding carboxylic acids is 1. The van der Waals surface area contributed by atoms with E-state index in [0.29, 0.717) is 10.8 Å². The largest absolute Gasteiger partial charge is 0.328 e. The van der Waals surface area contributed by atoms with Crippen LogP contribution in [0.15, 0.2) is 16.4 Å². The van der Waals surface area contributed by atoms with Crippen LogP contribution in [0.4, 0.5) is 0 Å². The summed E-state index contributed by atoms with van der Waals surface area (Å²) in [6.45, 7) is 2.80. The topological polar surface area (TPSA) is 50.2 Å². The molecule has 1 saturated carbocycles. The average molecular weight is 341 g/mol. The first kappa shape index (κ1) is 12.8. The Morgan fingerprint density at radius 3 is 2.95 bits per heavy atom. The molecule has 0 radical (unpaired) electrons. The van der Waals surface area contributed by atoms with Gasteiger partial charge in [-0.1, -0.05) is 0 Å². The van der Waals surface area contributed by atoms with Gasteiger partial charge in [0.2, 0.25) is 0 Å². The van der Waals surface area contributed by atoms with E-state index in [4.69, 9.17) is 12.2 Å². The van der Waals surface area contributed by atoms with Crippen molar-refractivity contribution in [1.82, 2.24) is 20.0 Å². The predicted molar refractivity (Wildman–Crippen MR) is 79.2 cm³/mol. The minimum absolute atomic E-state index is 0.0505. The number of hydrogen-bond acceptors (Lipinski definition) is 3. The summed E-state index contributed by atoms with van der Waals surface area (Å²) >= 11 is 8.65. The zero-order valence-corrected chi connectivity index (χ0v) is 12.8. The zero-order chi connectivity index (χ0) is 13.6. The van der Waals surface area contributed by atoms with Crippen molar-refractivity contribution >= 4 is 45.2 Å². The van der Waals surface area contributed by atoms with Crippen LogP contribution in [0.2, 0.25) is 0 Å². The Balaban J connectivity index is 1.89. The van der Waals surface area contributed by atoms with Crippen LogP contribution in [0.1, 0.15) is 25.5 Å². The molecule has 1 aliphatic carbocycles. The molecule has 5 nitrogen and oxygen atoms in total. The van der Waals surface area contributed by atoms with E-state index in [1.54, 1.807) is 11.0 Å². The maximum Gasteiger partial charge on any atom is 0.276 e. The lowest BCUT2D eigenvalue weighted by Gasteiger charge is -2.11. The van der Waals surface area contributed by atoms with Crippen molar-refractivity contribution in [2.45, 2.75) is 32.4 Å². The van der Waals surface area contributed by atoms with Gasteiger partial charge in [-0.15, -0.1) is 0 Å². The van der Waals surface area contributed by atoms with Gasteiger partial charge < -0.3 is 5.32 Å². The van der Waals surface area contributed by atoms with Crippen LogP contribution in [-0.2, 0) is 11.3 Å². The second kappa shape index (κ2) is 4.72. The standard InChI is InChI=1S/C12H13BrN4OS/c1-2-16-6-8(13)9(15-16)5-10-11(18)17(7-3-4-7)12(19)14-10/h5-7H,2-4H2,1H3,(H,14,19)/b10-5+. The molecule has 1 amide bonds. The molecule has 0 bridgehead atoms. The molecule has 1 aromatic heterocycles. The molecule has 1 N–H and O–H groups in total. The SMILES string of the molecule is CCn1cc(Br)c(/C=C2/NC(=S)N(C3CC3)C2=O)n1. The van der Waals surface area contributed by atoms with Crippen LogP contribution in [0.25, 0.3) is 6.08 Å². The van der Waals surface area contributed by atoms with Gasteiger partial charge >= 0.3 is 0 Å². The monoisotopic (exact) mass is 340 g/mol. The van der Waals surface area contributed by atoms with E-state index in [1.165, 1.54) is 0 Å². The fourth-order valence-electron chi connectivity index (χ4n) is 2.02. The Morgan fingerprint density at radius 2 is 2.37 bits per heavy atom.